The number of hydrogen-bond donors (Lipinski definition) is 2. The van der Waals surface area contributed by atoms with Gasteiger partial charge in [-0.3, -0.25) is 0 Å². The number of nitrogens with zero attached hydrogens (tertiary/aromatic N) is 1. The largest absolute Gasteiger partial charge is 0.384 e. The Bertz CT molecular complexity index is 240. The Hall–Kier alpha value is -1.35. The van der Waals surface area contributed by atoms with Gasteiger partial charge in [0.05, 0.1) is 0 Å². The fourth-order valence-corrected chi connectivity index (χ4v) is 0.750. The highest BCUT2D eigenvalue weighted by Gasteiger charge is 1.99. The van der Waals surface area contributed by atoms with E-state index >= 15 is 0 Å². The molecular formula is C8H11N3. The molecule has 1 atom stereocenters. The molecule has 11 heavy (non-hydrogen) atoms. The van der Waals surface area contributed by atoms with Crippen molar-refractivity contribution in [2.45, 2.75) is 6.04 Å². The first-order chi connectivity index (χ1) is 5.24. The fraction of sp³-hybridized carbons (Fsp3) is 0.125. The van der Waals surface area contributed by atoms with Gasteiger partial charge in [-0.25, -0.2) is 4.98 Å². The highest BCUT2D eigenvalue weighted by Crippen LogP contribution is 2.09. The Kier molecular flexibility index (Phi) is 2.23. The second kappa shape index (κ2) is 3.16. The molecule has 1 aromatic heterocycles. The molecule has 1 unspecified atom stereocenters. The number of hydrogen-bond acceptors (Lipinski definition) is 3. The smallest absolute Gasteiger partial charge is 0.123 e. The van der Waals surface area contributed by atoms with Gasteiger partial charge < -0.3 is 11.5 Å². The maximum atomic E-state index is 5.65. The van der Waals surface area contributed by atoms with E-state index in [9.17, 15) is 0 Å². The third kappa shape index (κ3) is 1.78. The zero-order valence-electron chi connectivity index (χ0n) is 6.20. The van der Waals surface area contributed by atoms with Gasteiger partial charge in [0.15, 0.2) is 0 Å². The average molecular weight is 149 g/mol. The lowest BCUT2D eigenvalue weighted by Crippen LogP contribution is -2.06. The Balaban J connectivity index is 2.89. The molecule has 3 heteroatoms. The monoisotopic (exact) mass is 149 g/mol. The van der Waals surface area contributed by atoms with Crippen molar-refractivity contribution in [1.29, 1.82) is 0 Å². The van der Waals surface area contributed by atoms with Gasteiger partial charge >= 0.3 is 0 Å². The molecular weight excluding hydrogens is 138 g/mol. The van der Waals surface area contributed by atoms with Crippen molar-refractivity contribution in [3.05, 3.63) is 36.5 Å². The molecule has 0 aliphatic rings. The van der Waals surface area contributed by atoms with E-state index in [1.807, 2.05) is 6.07 Å². The number of nitrogens with two attached hydrogens (primary N) is 2. The highest BCUT2D eigenvalue weighted by atomic mass is 14.8. The summed E-state index contributed by atoms with van der Waals surface area (Å²) in [4.78, 5) is 3.90. The molecule has 0 aromatic carbocycles. The van der Waals surface area contributed by atoms with E-state index in [1.165, 1.54) is 0 Å². The summed E-state index contributed by atoms with van der Waals surface area (Å²) in [7, 11) is 0. The van der Waals surface area contributed by atoms with Crippen LogP contribution in [-0.4, -0.2) is 4.98 Å². The maximum Gasteiger partial charge on any atom is 0.123 e. The molecule has 0 aliphatic carbocycles. The summed E-state index contributed by atoms with van der Waals surface area (Å²) < 4.78 is 0. The molecule has 58 valence electrons. The van der Waals surface area contributed by atoms with Crippen LogP contribution in [0, 0.1) is 0 Å². The van der Waals surface area contributed by atoms with Crippen molar-refractivity contribution < 1.29 is 0 Å². The lowest BCUT2D eigenvalue weighted by molar-refractivity contribution is 0.905. The van der Waals surface area contributed by atoms with Crippen LogP contribution in [0.3, 0.4) is 0 Å². The van der Waals surface area contributed by atoms with E-state index in [0.717, 1.165) is 5.56 Å². The average Bonchev–Trinajstić information content (AvgIpc) is 2.05. The van der Waals surface area contributed by atoms with Crippen LogP contribution in [0.15, 0.2) is 31.0 Å². The van der Waals surface area contributed by atoms with Crippen molar-refractivity contribution in [2.75, 3.05) is 5.73 Å². The van der Waals surface area contributed by atoms with Crippen LogP contribution in [0.4, 0.5) is 5.82 Å². The molecule has 0 bridgehead atoms. The number of anilines is 1. The summed E-state index contributed by atoms with van der Waals surface area (Å²) in [5, 5.41) is 0. The first kappa shape index (κ1) is 7.75. The van der Waals surface area contributed by atoms with Crippen molar-refractivity contribution >= 4 is 5.82 Å². The van der Waals surface area contributed by atoms with Crippen LogP contribution < -0.4 is 11.5 Å². The Morgan fingerprint density at radius 1 is 1.55 bits per heavy atom. The Morgan fingerprint density at radius 2 is 2.27 bits per heavy atom. The Labute approximate surface area is 65.7 Å². The summed E-state index contributed by atoms with van der Waals surface area (Å²) in [6, 6.07) is 3.41. The predicted molar refractivity (Wildman–Crippen MR) is 45.8 cm³/mol. The topological polar surface area (TPSA) is 64.9 Å². The summed E-state index contributed by atoms with van der Waals surface area (Å²) in [5.41, 5.74) is 12.0. The molecule has 1 aromatic rings. The van der Waals surface area contributed by atoms with Crippen molar-refractivity contribution in [1.82, 2.24) is 4.98 Å². The van der Waals surface area contributed by atoms with Gasteiger partial charge in [-0.1, -0.05) is 12.1 Å². The van der Waals surface area contributed by atoms with E-state index in [1.54, 1.807) is 18.3 Å². The third-order valence-electron chi connectivity index (χ3n) is 1.45. The summed E-state index contributed by atoms with van der Waals surface area (Å²) >= 11 is 0. The number of rotatable bonds is 2. The van der Waals surface area contributed by atoms with Crippen molar-refractivity contribution in [2.24, 2.45) is 5.73 Å². The number of pyridine rings is 1. The third-order valence-corrected chi connectivity index (χ3v) is 1.45. The van der Waals surface area contributed by atoms with Gasteiger partial charge in [0.25, 0.3) is 0 Å². The van der Waals surface area contributed by atoms with E-state index in [2.05, 4.69) is 11.6 Å². The van der Waals surface area contributed by atoms with Gasteiger partial charge in [0.1, 0.15) is 5.82 Å². The van der Waals surface area contributed by atoms with Gasteiger partial charge in [-0.2, -0.15) is 0 Å². The van der Waals surface area contributed by atoms with Gasteiger partial charge in [-0.05, 0) is 11.6 Å². The van der Waals surface area contributed by atoms with Crippen molar-refractivity contribution in [3.8, 4) is 0 Å². The number of aromatic nitrogens is 1. The van der Waals surface area contributed by atoms with Gasteiger partial charge in [-0.15, -0.1) is 6.58 Å². The molecule has 0 saturated carbocycles. The SMILES string of the molecule is C=CC(N)c1ccc(N)nc1. The molecule has 0 aliphatic heterocycles. The van der Waals surface area contributed by atoms with Gasteiger partial charge in [0.2, 0.25) is 0 Å². The summed E-state index contributed by atoms with van der Waals surface area (Å²) in [6.07, 6.45) is 3.31. The first-order valence-corrected chi connectivity index (χ1v) is 3.33. The molecule has 4 N–H and O–H groups in total. The van der Waals surface area contributed by atoms with E-state index in [-0.39, 0.29) is 6.04 Å². The molecule has 0 spiro atoms. The van der Waals surface area contributed by atoms with E-state index < -0.39 is 0 Å². The molecule has 3 nitrogen and oxygen atoms in total. The zero-order chi connectivity index (χ0) is 8.27. The van der Waals surface area contributed by atoms with E-state index in [4.69, 9.17) is 11.5 Å². The predicted octanol–water partition coefficient (Wildman–Crippen LogP) is 0.850. The summed E-state index contributed by atoms with van der Waals surface area (Å²) in [6.45, 7) is 3.58. The molecule has 1 heterocycles. The second-order valence-electron chi connectivity index (χ2n) is 2.28. The quantitative estimate of drug-likeness (QED) is 0.612. The van der Waals surface area contributed by atoms with E-state index in [0.29, 0.717) is 5.82 Å². The van der Waals surface area contributed by atoms with Gasteiger partial charge in [0, 0.05) is 12.2 Å². The lowest BCUT2D eigenvalue weighted by atomic mass is 10.1. The maximum absolute atomic E-state index is 5.65. The fourth-order valence-electron chi connectivity index (χ4n) is 0.750. The molecule has 1 rings (SSSR count). The normalized spacial score (nSPS) is 12.5. The van der Waals surface area contributed by atoms with Crippen LogP contribution in [0.1, 0.15) is 11.6 Å². The molecule has 0 fully saturated rings. The zero-order valence-corrected chi connectivity index (χ0v) is 6.20. The lowest BCUT2D eigenvalue weighted by Gasteiger charge is -2.04. The second-order valence-corrected chi connectivity index (χ2v) is 2.28. The van der Waals surface area contributed by atoms with Crippen molar-refractivity contribution in [3.63, 3.8) is 0 Å². The Morgan fingerprint density at radius 3 is 2.73 bits per heavy atom. The number of nitrogen functional groups attached to an aromatic ring is 1. The van der Waals surface area contributed by atoms with Crippen LogP contribution in [0.25, 0.3) is 0 Å². The molecule has 0 amide bonds. The minimum absolute atomic E-state index is 0.150. The first-order valence-electron chi connectivity index (χ1n) is 3.33. The summed E-state index contributed by atoms with van der Waals surface area (Å²) in [5.74, 6) is 0.505. The minimum atomic E-state index is -0.150. The highest BCUT2D eigenvalue weighted by molar-refractivity contribution is 5.31. The minimum Gasteiger partial charge on any atom is -0.384 e. The standard InChI is InChI=1S/C8H11N3/c1-2-7(9)6-3-4-8(10)11-5-6/h2-5,7H,1,9H2,(H2,10,11). The molecule has 0 saturated heterocycles. The van der Waals surface area contributed by atoms with Crippen LogP contribution in [-0.2, 0) is 0 Å². The molecule has 0 radical (unpaired) electrons. The van der Waals surface area contributed by atoms with Crippen LogP contribution >= 0.6 is 0 Å². The van der Waals surface area contributed by atoms with Crippen LogP contribution in [0.2, 0.25) is 0 Å². The van der Waals surface area contributed by atoms with Crippen LogP contribution in [0.5, 0.6) is 0 Å².